The van der Waals surface area contributed by atoms with E-state index in [-0.39, 0.29) is 11.8 Å². The van der Waals surface area contributed by atoms with Crippen LogP contribution in [0, 0.1) is 11.7 Å². The van der Waals surface area contributed by atoms with E-state index in [1.807, 2.05) is 12.1 Å². The first kappa shape index (κ1) is 24.6. The number of anilines is 1. The van der Waals surface area contributed by atoms with Crippen molar-refractivity contribution in [2.45, 2.75) is 62.1 Å². The lowest BCUT2D eigenvalue weighted by molar-refractivity contribution is -0.118. The van der Waals surface area contributed by atoms with Crippen LogP contribution >= 0.6 is 11.9 Å². The van der Waals surface area contributed by atoms with Crippen LogP contribution < -0.4 is 15.4 Å². The van der Waals surface area contributed by atoms with Gasteiger partial charge in [0, 0.05) is 24.8 Å². The van der Waals surface area contributed by atoms with E-state index < -0.39 is 17.8 Å². The summed E-state index contributed by atoms with van der Waals surface area (Å²) in [5.74, 6) is -0.847. The zero-order chi connectivity index (χ0) is 23.8. The van der Waals surface area contributed by atoms with E-state index in [9.17, 15) is 14.0 Å². The Morgan fingerprint density at radius 1 is 1.06 bits per heavy atom. The minimum absolute atomic E-state index is 0.275. The van der Waals surface area contributed by atoms with Crippen LogP contribution in [0.4, 0.5) is 10.1 Å². The number of rotatable bonds is 9. The first-order valence-corrected chi connectivity index (χ1v) is 12.7. The first-order chi connectivity index (χ1) is 16.6. The minimum atomic E-state index is -0.723. The molecule has 1 aliphatic carbocycles. The molecule has 0 radical (unpaired) electrons. The Kier molecular flexibility index (Phi) is 8.90. The maximum atomic E-state index is 13.2. The molecule has 1 saturated heterocycles. The highest BCUT2D eigenvalue weighted by Gasteiger charge is 2.27. The Morgan fingerprint density at radius 3 is 2.47 bits per heavy atom. The summed E-state index contributed by atoms with van der Waals surface area (Å²) in [6.45, 7) is 1.31. The monoisotopic (exact) mass is 486 g/mol. The summed E-state index contributed by atoms with van der Waals surface area (Å²) < 4.78 is 22.1. The molecule has 1 atom stereocenters. The molecule has 1 aromatic heterocycles. The van der Waals surface area contributed by atoms with E-state index >= 15 is 0 Å². The lowest BCUT2D eigenvalue weighted by atomic mass is 9.92. The summed E-state index contributed by atoms with van der Waals surface area (Å²) in [4.78, 5) is 30.3. The first-order valence-electron chi connectivity index (χ1n) is 11.9. The van der Waals surface area contributed by atoms with Gasteiger partial charge in [0.25, 0.3) is 5.91 Å². The zero-order valence-corrected chi connectivity index (χ0v) is 19.9. The van der Waals surface area contributed by atoms with Gasteiger partial charge in [0.05, 0.1) is 11.9 Å². The molecule has 4 rings (SSSR count). The quantitative estimate of drug-likeness (QED) is 0.458. The summed E-state index contributed by atoms with van der Waals surface area (Å²) in [5.41, 5.74) is 0.882. The smallest absolute Gasteiger partial charge is 0.251 e. The molecule has 7 nitrogen and oxygen atoms in total. The van der Waals surface area contributed by atoms with Crippen LogP contribution in [0.2, 0.25) is 0 Å². The number of ether oxygens (including phenoxy) is 1. The molecule has 2 aromatic rings. The maximum absolute atomic E-state index is 13.2. The fourth-order valence-corrected chi connectivity index (χ4v) is 5.09. The van der Waals surface area contributed by atoms with Crippen molar-refractivity contribution >= 4 is 29.4 Å². The third-order valence-corrected chi connectivity index (χ3v) is 7.23. The van der Waals surface area contributed by atoms with Crippen molar-refractivity contribution in [1.82, 2.24) is 15.0 Å². The number of hydrogen-bond acceptors (Lipinski definition) is 6. The number of halogens is 1. The van der Waals surface area contributed by atoms with Gasteiger partial charge in [-0.15, -0.1) is 0 Å². The van der Waals surface area contributed by atoms with Crippen molar-refractivity contribution in [3.8, 4) is 0 Å². The normalized spacial score (nSPS) is 17.9. The van der Waals surface area contributed by atoms with E-state index in [1.54, 1.807) is 6.20 Å². The zero-order valence-electron chi connectivity index (χ0n) is 19.1. The number of aromatic nitrogens is 1. The molecule has 1 unspecified atom stereocenters. The molecule has 2 fully saturated rings. The predicted octanol–water partition coefficient (Wildman–Crippen LogP) is 4.31. The lowest BCUT2D eigenvalue weighted by Crippen LogP contribution is -2.45. The van der Waals surface area contributed by atoms with Gasteiger partial charge in [-0.3, -0.25) is 14.3 Å². The van der Waals surface area contributed by atoms with Gasteiger partial charge in [0.15, 0.2) is 0 Å². The Labute approximate surface area is 203 Å². The molecule has 0 spiro atoms. The van der Waals surface area contributed by atoms with E-state index in [4.69, 9.17) is 4.74 Å². The van der Waals surface area contributed by atoms with Gasteiger partial charge in [-0.2, -0.15) is 0 Å². The number of pyridine rings is 1. The topological polar surface area (TPSA) is 92.3 Å². The van der Waals surface area contributed by atoms with Crippen molar-refractivity contribution in [2.75, 3.05) is 18.5 Å². The van der Waals surface area contributed by atoms with Gasteiger partial charge in [-0.05, 0) is 86.4 Å². The minimum Gasteiger partial charge on any atom is -0.381 e. The third-order valence-electron chi connectivity index (χ3n) is 6.33. The van der Waals surface area contributed by atoms with Gasteiger partial charge in [-0.1, -0.05) is 12.8 Å². The van der Waals surface area contributed by atoms with Crippen LogP contribution in [0.25, 0.3) is 0 Å². The van der Waals surface area contributed by atoms with Gasteiger partial charge in [0.2, 0.25) is 5.91 Å². The molecule has 9 heteroatoms. The third kappa shape index (κ3) is 7.25. The Hall–Kier alpha value is -2.49. The van der Waals surface area contributed by atoms with Gasteiger partial charge >= 0.3 is 0 Å². The van der Waals surface area contributed by atoms with Crippen molar-refractivity contribution in [3.63, 3.8) is 0 Å². The standard InChI is InChI=1S/C25H31FN4O3S/c26-19-7-5-18(6-8-19)24(31)29-22(15-17-11-13-33-14-12-17)25(32)28-21-9-10-23(27-16-21)34-30-20-3-1-2-4-20/h5-10,16-17,20,22,30H,1-4,11-15H2,(H,28,32)(H,29,31). The Bertz CT molecular complexity index is 946. The second kappa shape index (κ2) is 12.3. The van der Waals surface area contributed by atoms with E-state index in [1.165, 1.54) is 61.9 Å². The molecule has 2 heterocycles. The summed E-state index contributed by atoms with van der Waals surface area (Å²) in [6.07, 6.45) is 8.75. The number of carbonyl (C=O) groups excluding carboxylic acids is 2. The summed E-state index contributed by atoms with van der Waals surface area (Å²) in [5, 5.41) is 6.56. The molecule has 3 N–H and O–H groups in total. The average molecular weight is 487 g/mol. The molecule has 2 amide bonds. The second-order valence-electron chi connectivity index (χ2n) is 8.90. The molecule has 34 heavy (non-hydrogen) atoms. The fraction of sp³-hybridized carbons (Fsp3) is 0.480. The maximum Gasteiger partial charge on any atom is 0.251 e. The molecule has 0 bridgehead atoms. The number of benzene rings is 1. The number of nitrogens with zero attached hydrogens (tertiary/aromatic N) is 1. The fourth-order valence-electron chi connectivity index (χ4n) is 4.32. The van der Waals surface area contributed by atoms with Crippen LogP contribution in [0.1, 0.15) is 55.3 Å². The van der Waals surface area contributed by atoms with Crippen molar-refractivity contribution in [1.29, 1.82) is 0 Å². The van der Waals surface area contributed by atoms with Gasteiger partial charge in [-0.25, -0.2) is 9.37 Å². The van der Waals surface area contributed by atoms with Crippen LogP contribution in [-0.2, 0) is 9.53 Å². The van der Waals surface area contributed by atoms with Gasteiger partial charge < -0.3 is 15.4 Å². The molecular formula is C25H31FN4O3S. The molecular weight excluding hydrogens is 455 g/mol. The van der Waals surface area contributed by atoms with Crippen LogP contribution in [0.3, 0.4) is 0 Å². The highest BCUT2D eigenvalue weighted by atomic mass is 32.2. The molecule has 1 saturated carbocycles. The average Bonchev–Trinajstić information content (AvgIpc) is 3.38. The van der Waals surface area contributed by atoms with E-state index in [0.29, 0.717) is 36.9 Å². The summed E-state index contributed by atoms with van der Waals surface area (Å²) in [7, 11) is 0. The van der Waals surface area contributed by atoms with E-state index in [0.717, 1.165) is 17.9 Å². The van der Waals surface area contributed by atoms with Crippen molar-refractivity contribution < 1.29 is 18.7 Å². The number of hydrogen-bond donors (Lipinski definition) is 3. The van der Waals surface area contributed by atoms with Crippen LogP contribution in [0.5, 0.6) is 0 Å². The highest BCUT2D eigenvalue weighted by Crippen LogP contribution is 2.24. The second-order valence-corrected chi connectivity index (χ2v) is 9.76. The number of nitrogens with one attached hydrogen (secondary N) is 3. The number of carbonyl (C=O) groups is 2. The Morgan fingerprint density at radius 2 is 1.79 bits per heavy atom. The van der Waals surface area contributed by atoms with Crippen molar-refractivity contribution in [2.24, 2.45) is 5.92 Å². The predicted molar refractivity (Wildman–Crippen MR) is 130 cm³/mol. The highest BCUT2D eigenvalue weighted by molar-refractivity contribution is 7.97. The molecule has 182 valence electrons. The molecule has 1 aliphatic heterocycles. The largest absolute Gasteiger partial charge is 0.381 e. The SMILES string of the molecule is O=C(NC(CC1CCOCC1)C(=O)Nc1ccc(SNC2CCCC2)nc1)c1ccc(F)cc1. The van der Waals surface area contributed by atoms with Crippen LogP contribution in [0.15, 0.2) is 47.6 Å². The summed E-state index contributed by atoms with van der Waals surface area (Å²) >= 11 is 1.51. The van der Waals surface area contributed by atoms with Gasteiger partial charge in [0.1, 0.15) is 16.9 Å². The van der Waals surface area contributed by atoms with Crippen LogP contribution in [-0.4, -0.2) is 42.1 Å². The summed E-state index contributed by atoms with van der Waals surface area (Å²) in [6, 6.07) is 8.77. The molecule has 1 aromatic carbocycles. The van der Waals surface area contributed by atoms with E-state index in [2.05, 4.69) is 20.3 Å². The molecule has 2 aliphatic rings. The van der Waals surface area contributed by atoms with Crippen molar-refractivity contribution in [3.05, 3.63) is 54.0 Å². The lowest BCUT2D eigenvalue weighted by Gasteiger charge is -2.26. The Balaban J connectivity index is 1.37. The number of amides is 2.